The minimum Gasteiger partial charge on any atom is -0.508 e. The third-order valence-electron chi connectivity index (χ3n) is 11.8. The molecule has 8 amide bonds. The van der Waals surface area contributed by atoms with Crippen LogP contribution < -0.4 is 43.0 Å². The van der Waals surface area contributed by atoms with E-state index in [1.807, 2.05) is 27.7 Å². The number of thioether (sulfide) groups is 1. The maximum absolute atomic E-state index is 14.3. The molecular formula is C49H73N9O12S. The first-order valence-electron chi connectivity index (χ1n) is 23.9. The van der Waals surface area contributed by atoms with Crippen LogP contribution in [-0.2, 0) is 56.0 Å². The number of aliphatic carboxylic acids is 1. The van der Waals surface area contributed by atoms with Crippen LogP contribution in [0.1, 0.15) is 91.7 Å². The summed E-state index contributed by atoms with van der Waals surface area (Å²) >= 11 is 1.10. The van der Waals surface area contributed by atoms with Crippen molar-refractivity contribution in [1.29, 1.82) is 0 Å². The monoisotopic (exact) mass is 1010 g/mol. The van der Waals surface area contributed by atoms with Crippen molar-refractivity contribution in [3.05, 3.63) is 59.7 Å². The zero-order valence-electron chi connectivity index (χ0n) is 41.6. The lowest BCUT2D eigenvalue weighted by atomic mass is 9.98. The number of nitrogens with two attached hydrogens (primary N) is 1. The number of carbonyl (C=O) groups is 9. The number of benzene rings is 2. The molecule has 1 aliphatic heterocycles. The molecule has 0 spiro atoms. The lowest BCUT2D eigenvalue weighted by Gasteiger charge is -2.31. The highest BCUT2D eigenvalue weighted by atomic mass is 32.2. The van der Waals surface area contributed by atoms with Gasteiger partial charge in [0.15, 0.2) is 0 Å². The molecule has 0 aliphatic carbocycles. The van der Waals surface area contributed by atoms with E-state index in [9.17, 15) is 58.5 Å². The van der Waals surface area contributed by atoms with Crippen LogP contribution in [0.3, 0.4) is 0 Å². The molecule has 71 heavy (non-hydrogen) atoms. The fourth-order valence-corrected chi connectivity index (χ4v) is 8.58. The molecular weight excluding hydrogens is 939 g/mol. The highest BCUT2D eigenvalue weighted by molar-refractivity contribution is 7.99. The summed E-state index contributed by atoms with van der Waals surface area (Å²) in [6.07, 6.45) is 1.50. The van der Waals surface area contributed by atoms with Crippen LogP contribution in [0.25, 0.3) is 0 Å². The van der Waals surface area contributed by atoms with Crippen molar-refractivity contribution in [2.75, 3.05) is 24.7 Å². The second-order valence-electron chi connectivity index (χ2n) is 18.8. The van der Waals surface area contributed by atoms with Gasteiger partial charge in [-0.2, -0.15) is 0 Å². The molecule has 22 heteroatoms. The van der Waals surface area contributed by atoms with E-state index in [4.69, 9.17) is 5.73 Å². The number of carboxylic acids is 1. The van der Waals surface area contributed by atoms with Gasteiger partial charge in [-0.05, 0) is 78.8 Å². The summed E-state index contributed by atoms with van der Waals surface area (Å²) in [7, 11) is 0. The van der Waals surface area contributed by atoms with Gasteiger partial charge in [-0.25, -0.2) is 4.79 Å². The molecule has 2 aromatic carbocycles. The first kappa shape index (κ1) is 58.9. The molecule has 0 saturated carbocycles. The molecule has 1 saturated heterocycles. The molecule has 1 aliphatic rings. The number of carbonyl (C=O) groups excluding carboxylic acids is 8. The zero-order chi connectivity index (χ0) is 52.9. The Morgan fingerprint density at radius 3 is 1.69 bits per heavy atom. The van der Waals surface area contributed by atoms with Gasteiger partial charge in [0.1, 0.15) is 47.8 Å². The smallest absolute Gasteiger partial charge is 0.326 e. The predicted molar refractivity (Wildman–Crippen MR) is 266 cm³/mol. The summed E-state index contributed by atoms with van der Waals surface area (Å²) in [6.45, 7) is 11.8. The lowest BCUT2D eigenvalue weighted by Crippen LogP contribution is -2.59. The second-order valence-corrected chi connectivity index (χ2v) is 19.8. The number of nitrogens with one attached hydrogen (secondary N) is 7. The van der Waals surface area contributed by atoms with Gasteiger partial charge in [-0.1, -0.05) is 72.2 Å². The third kappa shape index (κ3) is 20.1. The number of hydrogen-bond acceptors (Lipinski definition) is 13. The molecule has 12 N–H and O–H groups in total. The fourth-order valence-electron chi connectivity index (χ4n) is 7.69. The molecule has 21 nitrogen and oxygen atoms in total. The molecule has 3 rings (SSSR count). The Hall–Kier alpha value is -6.42. The SMILES string of the molecule is CC[C@H](C)[C@H](N)C(=O)N[C@@H](Cc1ccc(O)cc1)C(=O)N1CCC[C@H]1C(=O)N[C@@H](CC(C)C)C(=O)N[C@@H](CSCNC(C)=O)C(=O)NCC(=O)N[C@@H](CC(C)C)C(=O)N[C@@H](Cc1ccc(O)cc1)C(=O)O. The maximum atomic E-state index is 14.3. The lowest BCUT2D eigenvalue weighted by molar-refractivity contribution is -0.142. The Bertz CT molecular complexity index is 2140. The number of carboxylic acid groups (broad SMARTS) is 1. The molecule has 0 aromatic heterocycles. The van der Waals surface area contributed by atoms with Crippen molar-refractivity contribution in [2.45, 2.75) is 136 Å². The molecule has 392 valence electrons. The van der Waals surface area contributed by atoms with Crippen molar-refractivity contribution in [3.8, 4) is 11.5 Å². The van der Waals surface area contributed by atoms with Crippen LogP contribution in [0, 0.1) is 17.8 Å². The predicted octanol–water partition coefficient (Wildman–Crippen LogP) is 0.791. The van der Waals surface area contributed by atoms with Crippen LogP contribution in [0.15, 0.2) is 48.5 Å². The number of likely N-dealkylation sites (tertiary alicyclic amines) is 1. The van der Waals surface area contributed by atoms with E-state index in [1.165, 1.54) is 48.2 Å². The van der Waals surface area contributed by atoms with Gasteiger partial charge in [-0.15, -0.1) is 11.8 Å². The molecule has 8 atom stereocenters. The Labute approximate surface area is 419 Å². The van der Waals surface area contributed by atoms with Crippen molar-refractivity contribution in [1.82, 2.24) is 42.1 Å². The first-order chi connectivity index (χ1) is 33.5. The van der Waals surface area contributed by atoms with Gasteiger partial charge in [0.2, 0.25) is 47.3 Å². The van der Waals surface area contributed by atoms with Crippen LogP contribution in [0.4, 0.5) is 0 Å². The Balaban J connectivity index is 1.77. The largest absolute Gasteiger partial charge is 0.508 e. The minimum atomic E-state index is -1.37. The maximum Gasteiger partial charge on any atom is 0.326 e. The first-order valence-corrected chi connectivity index (χ1v) is 25.1. The van der Waals surface area contributed by atoms with Gasteiger partial charge in [0.25, 0.3) is 0 Å². The van der Waals surface area contributed by atoms with Gasteiger partial charge in [0, 0.05) is 32.1 Å². The number of aromatic hydroxyl groups is 2. The van der Waals surface area contributed by atoms with Crippen molar-refractivity contribution in [3.63, 3.8) is 0 Å². The van der Waals surface area contributed by atoms with E-state index >= 15 is 0 Å². The Kier molecular flexibility index (Phi) is 24.1. The van der Waals surface area contributed by atoms with Gasteiger partial charge >= 0.3 is 5.97 Å². The number of phenolic OH excluding ortho intramolecular Hbond substituents is 2. The third-order valence-corrected chi connectivity index (χ3v) is 12.8. The van der Waals surface area contributed by atoms with Crippen molar-refractivity contribution in [2.24, 2.45) is 23.5 Å². The van der Waals surface area contributed by atoms with E-state index < -0.39 is 96.2 Å². The van der Waals surface area contributed by atoms with Crippen LogP contribution in [0.2, 0.25) is 0 Å². The Morgan fingerprint density at radius 2 is 1.18 bits per heavy atom. The molecule has 0 radical (unpaired) electrons. The van der Waals surface area contributed by atoms with Crippen LogP contribution >= 0.6 is 11.8 Å². The van der Waals surface area contributed by atoms with E-state index in [0.29, 0.717) is 24.0 Å². The highest BCUT2D eigenvalue weighted by Crippen LogP contribution is 2.22. The van der Waals surface area contributed by atoms with Crippen molar-refractivity contribution < 1.29 is 58.5 Å². The molecule has 2 aromatic rings. The van der Waals surface area contributed by atoms with E-state index in [1.54, 1.807) is 26.0 Å². The topological polar surface area (TPSA) is 328 Å². The summed E-state index contributed by atoms with van der Waals surface area (Å²) in [5, 5.41) is 47.7. The summed E-state index contributed by atoms with van der Waals surface area (Å²) in [4.78, 5) is 121. The zero-order valence-corrected chi connectivity index (χ0v) is 42.4. The quantitative estimate of drug-likeness (QED) is 0.0415. The second kappa shape index (κ2) is 29.1. The van der Waals surface area contributed by atoms with E-state index in [0.717, 1.165) is 11.8 Å². The average molecular weight is 1010 g/mol. The van der Waals surface area contributed by atoms with Gasteiger partial charge in [-0.3, -0.25) is 38.4 Å². The minimum absolute atomic E-state index is 0.0160. The molecule has 1 heterocycles. The normalized spacial score (nSPS) is 16.3. The number of phenols is 2. The number of nitrogens with zero attached hydrogens (tertiary/aromatic N) is 1. The summed E-state index contributed by atoms with van der Waals surface area (Å²) < 4.78 is 0. The van der Waals surface area contributed by atoms with Crippen LogP contribution in [0.5, 0.6) is 11.5 Å². The van der Waals surface area contributed by atoms with E-state index in [-0.39, 0.29) is 85.4 Å². The van der Waals surface area contributed by atoms with Crippen molar-refractivity contribution >= 4 is 65.0 Å². The summed E-state index contributed by atoms with van der Waals surface area (Å²) in [5.41, 5.74) is 7.40. The number of hydrogen-bond donors (Lipinski definition) is 11. The Morgan fingerprint density at radius 1 is 0.676 bits per heavy atom. The highest BCUT2D eigenvalue weighted by Gasteiger charge is 2.40. The van der Waals surface area contributed by atoms with Crippen LogP contribution in [-0.4, -0.2) is 140 Å². The summed E-state index contributed by atoms with van der Waals surface area (Å²) in [6, 6.07) is 3.87. The van der Waals surface area contributed by atoms with Gasteiger partial charge in [0.05, 0.1) is 18.5 Å². The average Bonchev–Trinajstić information content (AvgIpc) is 3.81. The number of rotatable bonds is 28. The molecule has 0 unspecified atom stereocenters. The standard InChI is InChI=1S/C49H73N9O12S/c1-8-29(6)42(50)47(67)55-37(22-31-11-15-33(60)16-12-31)48(68)58-19-9-10-40(58)46(66)54-36(21-28(4)5)45(65)57-39(25-71-26-52-30(7)59)43(63)51-24-41(62)53-35(20-27(2)3)44(64)56-38(49(69)70)23-32-13-17-34(61)18-14-32/h11-18,27-29,35-40,42,60-61H,8-10,19-26,50H2,1-7H3,(H,51,63)(H,52,59)(H,53,62)(H,54,66)(H,55,67)(H,56,64)(H,57,65)(H,69,70)/t29-,35-,36-,37-,38-,39-,40-,42-/m0/s1. The number of amides is 8. The fraction of sp³-hybridized carbons (Fsp3) is 0.571. The molecule has 0 bridgehead atoms. The van der Waals surface area contributed by atoms with E-state index in [2.05, 4.69) is 37.2 Å². The van der Waals surface area contributed by atoms with Gasteiger partial charge < -0.3 is 63.2 Å². The molecule has 1 fully saturated rings. The summed E-state index contributed by atoms with van der Waals surface area (Å²) in [5.74, 6) is -6.92.